The fraction of sp³-hybridized carbons (Fsp3) is 0.222. The molecule has 0 fully saturated rings. The van der Waals surface area contributed by atoms with E-state index in [1.807, 2.05) is 23.5 Å². The van der Waals surface area contributed by atoms with Crippen molar-refractivity contribution in [3.63, 3.8) is 0 Å². The quantitative estimate of drug-likeness (QED) is 0.662. The SMILES string of the molecule is O=C(NCc1ccc2c(c1)CCC2)C(=O)Nc1cc(F)c(F)cc1F. The molecule has 0 aliphatic heterocycles. The van der Waals surface area contributed by atoms with Crippen LogP contribution in [0.2, 0.25) is 0 Å². The van der Waals surface area contributed by atoms with Crippen molar-refractivity contribution in [1.29, 1.82) is 0 Å². The van der Waals surface area contributed by atoms with Gasteiger partial charge in [0.15, 0.2) is 11.6 Å². The normalized spacial score (nSPS) is 12.6. The maximum absolute atomic E-state index is 13.5. The van der Waals surface area contributed by atoms with Crippen molar-refractivity contribution < 1.29 is 22.8 Å². The van der Waals surface area contributed by atoms with Gasteiger partial charge in [0.25, 0.3) is 0 Å². The second kappa shape index (κ2) is 6.96. The zero-order chi connectivity index (χ0) is 18.0. The number of hydrogen-bond acceptors (Lipinski definition) is 2. The lowest BCUT2D eigenvalue weighted by atomic mass is 10.1. The molecule has 0 saturated heterocycles. The van der Waals surface area contributed by atoms with E-state index in [2.05, 4.69) is 5.32 Å². The molecule has 0 unspecified atom stereocenters. The molecule has 2 N–H and O–H groups in total. The van der Waals surface area contributed by atoms with E-state index in [-0.39, 0.29) is 6.54 Å². The Morgan fingerprint density at radius 3 is 2.40 bits per heavy atom. The largest absolute Gasteiger partial charge is 0.344 e. The number of hydrogen-bond donors (Lipinski definition) is 2. The van der Waals surface area contributed by atoms with Crippen LogP contribution in [-0.2, 0) is 29.0 Å². The lowest BCUT2D eigenvalue weighted by Gasteiger charge is -2.09. The number of aryl methyl sites for hydroxylation is 2. The van der Waals surface area contributed by atoms with E-state index in [0.717, 1.165) is 24.8 Å². The first-order chi connectivity index (χ1) is 11.9. The molecule has 1 aliphatic carbocycles. The molecule has 2 aromatic carbocycles. The van der Waals surface area contributed by atoms with E-state index in [9.17, 15) is 22.8 Å². The topological polar surface area (TPSA) is 58.2 Å². The molecule has 130 valence electrons. The van der Waals surface area contributed by atoms with Crippen molar-refractivity contribution in [2.24, 2.45) is 0 Å². The summed E-state index contributed by atoms with van der Waals surface area (Å²) in [6, 6.07) is 6.64. The summed E-state index contributed by atoms with van der Waals surface area (Å²) in [7, 11) is 0. The highest BCUT2D eigenvalue weighted by atomic mass is 19.2. The summed E-state index contributed by atoms with van der Waals surface area (Å²) in [5.41, 5.74) is 2.78. The number of amides is 2. The van der Waals surface area contributed by atoms with Gasteiger partial charge in [-0.1, -0.05) is 18.2 Å². The Morgan fingerprint density at radius 1 is 0.880 bits per heavy atom. The van der Waals surface area contributed by atoms with Gasteiger partial charge in [-0.05, 0) is 36.0 Å². The molecule has 2 aromatic rings. The first kappa shape index (κ1) is 17.0. The van der Waals surface area contributed by atoms with Crippen LogP contribution >= 0.6 is 0 Å². The van der Waals surface area contributed by atoms with Crippen LogP contribution in [0.5, 0.6) is 0 Å². The molecule has 0 aromatic heterocycles. The summed E-state index contributed by atoms with van der Waals surface area (Å²) < 4.78 is 39.4. The summed E-state index contributed by atoms with van der Waals surface area (Å²) in [6.07, 6.45) is 3.14. The number of anilines is 1. The van der Waals surface area contributed by atoms with E-state index < -0.39 is 35.0 Å². The predicted molar refractivity (Wildman–Crippen MR) is 85.3 cm³/mol. The Labute approximate surface area is 142 Å². The minimum absolute atomic E-state index is 0.139. The monoisotopic (exact) mass is 348 g/mol. The highest BCUT2D eigenvalue weighted by Crippen LogP contribution is 2.22. The Balaban J connectivity index is 1.60. The molecule has 0 spiro atoms. The summed E-state index contributed by atoms with van der Waals surface area (Å²) >= 11 is 0. The lowest BCUT2D eigenvalue weighted by molar-refractivity contribution is -0.136. The van der Waals surface area contributed by atoms with Crippen LogP contribution in [0.25, 0.3) is 0 Å². The molecule has 0 radical (unpaired) electrons. The van der Waals surface area contributed by atoms with Crippen LogP contribution in [0.4, 0.5) is 18.9 Å². The maximum atomic E-state index is 13.5. The van der Waals surface area contributed by atoms with Crippen molar-refractivity contribution in [3.05, 3.63) is 64.5 Å². The number of nitrogens with one attached hydrogen (secondary N) is 2. The number of carbonyl (C=O) groups is 2. The number of carbonyl (C=O) groups excluding carboxylic acids is 2. The van der Waals surface area contributed by atoms with Crippen LogP contribution in [0.15, 0.2) is 30.3 Å². The third-order valence-electron chi connectivity index (χ3n) is 4.08. The first-order valence-corrected chi connectivity index (χ1v) is 7.78. The van der Waals surface area contributed by atoms with Crippen molar-refractivity contribution in [3.8, 4) is 0 Å². The van der Waals surface area contributed by atoms with Crippen molar-refractivity contribution in [2.45, 2.75) is 25.8 Å². The average molecular weight is 348 g/mol. The van der Waals surface area contributed by atoms with Gasteiger partial charge in [0.2, 0.25) is 0 Å². The van der Waals surface area contributed by atoms with Gasteiger partial charge in [-0.15, -0.1) is 0 Å². The Morgan fingerprint density at radius 2 is 1.60 bits per heavy atom. The van der Waals surface area contributed by atoms with E-state index in [1.54, 1.807) is 0 Å². The molecule has 0 bridgehead atoms. The zero-order valence-corrected chi connectivity index (χ0v) is 13.2. The molecule has 1 aliphatic rings. The van der Waals surface area contributed by atoms with Gasteiger partial charge in [-0.3, -0.25) is 9.59 Å². The molecule has 4 nitrogen and oxygen atoms in total. The Bertz CT molecular complexity index is 852. The molecule has 7 heteroatoms. The number of rotatable bonds is 3. The second-order valence-electron chi connectivity index (χ2n) is 5.84. The van der Waals surface area contributed by atoms with E-state index in [0.29, 0.717) is 12.1 Å². The first-order valence-electron chi connectivity index (χ1n) is 7.78. The van der Waals surface area contributed by atoms with Crippen LogP contribution < -0.4 is 10.6 Å². The minimum atomic E-state index is -1.38. The van der Waals surface area contributed by atoms with Gasteiger partial charge in [0.05, 0.1) is 5.69 Å². The van der Waals surface area contributed by atoms with E-state index >= 15 is 0 Å². The molecular formula is C18H15F3N2O2. The van der Waals surface area contributed by atoms with Crippen LogP contribution in [0, 0.1) is 17.5 Å². The van der Waals surface area contributed by atoms with Gasteiger partial charge in [0, 0.05) is 18.7 Å². The predicted octanol–water partition coefficient (Wildman–Crippen LogP) is 2.85. The third kappa shape index (κ3) is 3.81. The van der Waals surface area contributed by atoms with Gasteiger partial charge in [-0.25, -0.2) is 13.2 Å². The molecule has 0 saturated carbocycles. The molecule has 3 rings (SSSR count). The fourth-order valence-electron chi connectivity index (χ4n) is 2.80. The van der Waals surface area contributed by atoms with Crippen LogP contribution in [0.1, 0.15) is 23.1 Å². The third-order valence-corrected chi connectivity index (χ3v) is 4.08. The number of halogens is 3. The van der Waals surface area contributed by atoms with Crippen LogP contribution in [0.3, 0.4) is 0 Å². The maximum Gasteiger partial charge on any atom is 0.313 e. The standard InChI is InChI=1S/C18H15F3N2O2/c19-13-7-15(21)16(8-14(13)20)23-18(25)17(24)22-9-10-4-5-11-2-1-3-12(11)6-10/h4-8H,1-3,9H2,(H,22,24)(H,23,25). The summed E-state index contributed by atoms with van der Waals surface area (Å²) in [6.45, 7) is 0.139. The second-order valence-corrected chi connectivity index (χ2v) is 5.84. The minimum Gasteiger partial charge on any atom is -0.344 e. The van der Waals surface area contributed by atoms with Crippen molar-refractivity contribution in [2.75, 3.05) is 5.32 Å². The van der Waals surface area contributed by atoms with Crippen LogP contribution in [-0.4, -0.2) is 11.8 Å². The average Bonchev–Trinajstić information content (AvgIpc) is 3.05. The fourth-order valence-corrected chi connectivity index (χ4v) is 2.80. The molecule has 2 amide bonds. The van der Waals surface area contributed by atoms with Gasteiger partial charge in [-0.2, -0.15) is 0 Å². The van der Waals surface area contributed by atoms with Gasteiger partial charge >= 0.3 is 11.8 Å². The summed E-state index contributed by atoms with van der Waals surface area (Å²) in [5, 5.41) is 4.34. The smallest absolute Gasteiger partial charge is 0.313 e. The zero-order valence-electron chi connectivity index (χ0n) is 13.2. The Kier molecular flexibility index (Phi) is 4.74. The number of fused-ring (bicyclic) bond motifs is 1. The van der Waals surface area contributed by atoms with E-state index in [1.165, 1.54) is 11.1 Å². The van der Waals surface area contributed by atoms with Gasteiger partial charge in [0.1, 0.15) is 5.82 Å². The Hall–Kier alpha value is -2.83. The molecular weight excluding hydrogens is 333 g/mol. The molecule has 0 heterocycles. The van der Waals surface area contributed by atoms with E-state index in [4.69, 9.17) is 0 Å². The summed E-state index contributed by atoms with van der Waals surface area (Å²) in [4.78, 5) is 23.6. The molecule has 25 heavy (non-hydrogen) atoms. The summed E-state index contributed by atoms with van der Waals surface area (Å²) in [5.74, 6) is -6.03. The van der Waals surface area contributed by atoms with Gasteiger partial charge < -0.3 is 10.6 Å². The number of benzene rings is 2. The highest BCUT2D eigenvalue weighted by Gasteiger charge is 2.18. The van der Waals surface area contributed by atoms with Crippen molar-refractivity contribution >= 4 is 17.5 Å². The molecule has 0 atom stereocenters. The van der Waals surface area contributed by atoms with Crippen molar-refractivity contribution in [1.82, 2.24) is 5.32 Å². The lowest BCUT2D eigenvalue weighted by Crippen LogP contribution is -2.35. The highest BCUT2D eigenvalue weighted by molar-refractivity contribution is 6.39.